The molecule has 0 saturated heterocycles. The van der Waals surface area contributed by atoms with Crippen LogP contribution >= 0.6 is 0 Å². The third-order valence-corrected chi connectivity index (χ3v) is 0.981. The average molecular weight is 98.1 g/mol. The number of hydrogen-bond donors (Lipinski definition) is 0. The van der Waals surface area contributed by atoms with E-state index in [-0.39, 0.29) is 5.83 Å². The van der Waals surface area contributed by atoms with Crippen LogP contribution in [0.15, 0.2) is 24.1 Å². The monoisotopic (exact) mass is 98.1 g/mol. The van der Waals surface area contributed by atoms with Gasteiger partial charge in [0.15, 0.2) is 0 Å². The average Bonchev–Trinajstić information content (AvgIpc) is 1.87. The molecule has 1 heteroatoms. The molecule has 0 fully saturated rings. The van der Waals surface area contributed by atoms with Crippen LogP contribution in [-0.4, -0.2) is 0 Å². The Morgan fingerprint density at radius 1 is 1.71 bits per heavy atom. The Kier molecular flexibility index (Phi) is 0.970. The van der Waals surface area contributed by atoms with E-state index in [1.54, 1.807) is 6.08 Å². The maximum atomic E-state index is 11.9. The smallest absolute Gasteiger partial charge is 0.119 e. The Balaban J connectivity index is 2.69. The van der Waals surface area contributed by atoms with Crippen LogP contribution in [0.4, 0.5) is 4.39 Å². The van der Waals surface area contributed by atoms with Gasteiger partial charge in [0, 0.05) is 0 Å². The van der Waals surface area contributed by atoms with Gasteiger partial charge in [-0.3, -0.25) is 0 Å². The number of allylic oxidation sites excluding steroid dienone is 4. The Bertz CT molecular complexity index is 122. The highest BCUT2D eigenvalue weighted by Crippen LogP contribution is 2.14. The molecule has 7 heavy (non-hydrogen) atoms. The van der Waals surface area contributed by atoms with Crippen molar-refractivity contribution in [3.63, 3.8) is 0 Å². The summed E-state index contributed by atoms with van der Waals surface area (Å²) in [6.45, 7) is 1.95. The normalized spacial score (nSPS) is 28.3. The van der Waals surface area contributed by atoms with E-state index in [4.69, 9.17) is 0 Å². The zero-order chi connectivity index (χ0) is 5.28. The maximum Gasteiger partial charge on any atom is 0.119 e. The van der Waals surface area contributed by atoms with Gasteiger partial charge in [-0.15, -0.1) is 0 Å². The minimum atomic E-state index is -0.104. The number of hydrogen-bond acceptors (Lipinski definition) is 0. The minimum absolute atomic E-state index is 0.104. The first-order valence-corrected chi connectivity index (χ1v) is 2.34. The van der Waals surface area contributed by atoms with E-state index in [0.717, 1.165) is 0 Å². The van der Waals surface area contributed by atoms with Crippen LogP contribution in [0.1, 0.15) is 6.92 Å². The first kappa shape index (κ1) is 4.57. The largest absolute Gasteiger partial charge is 0.207 e. The summed E-state index contributed by atoms with van der Waals surface area (Å²) in [7, 11) is 0. The zero-order valence-corrected chi connectivity index (χ0v) is 4.19. The van der Waals surface area contributed by atoms with Gasteiger partial charge in [-0.2, -0.15) is 0 Å². The molecule has 1 aliphatic carbocycles. The second-order valence-corrected chi connectivity index (χ2v) is 1.77. The number of rotatable bonds is 0. The second-order valence-electron chi connectivity index (χ2n) is 1.77. The molecule has 1 atom stereocenters. The first-order valence-electron chi connectivity index (χ1n) is 2.34. The van der Waals surface area contributed by atoms with Crippen molar-refractivity contribution in [1.29, 1.82) is 0 Å². The van der Waals surface area contributed by atoms with Crippen LogP contribution in [-0.2, 0) is 0 Å². The molecule has 0 nitrogen and oxygen atoms in total. The highest BCUT2D eigenvalue weighted by atomic mass is 19.1. The van der Waals surface area contributed by atoms with Crippen molar-refractivity contribution in [1.82, 2.24) is 0 Å². The summed E-state index contributed by atoms with van der Waals surface area (Å²) in [5, 5.41) is 0. The number of halogens is 1. The van der Waals surface area contributed by atoms with Gasteiger partial charge in [-0.1, -0.05) is 13.0 Å². The lowest BCUT2D eigenvalue weighted by atomic mass is 10.2. The highest BCUT2D eigenvalue weighted by molar-refractivity contribution is 5.22. The fraction of sp³-hybridized carbons (Fsp3) is 0.333. The Hall–Kier alpha value is -0.590. The first-order chi connectivity index (χ1) is 3.29. The minimum Gasteiger partial charge on any atom is -0.207 e. The molecule has 0 aromatic carbocycles. The summed E-state index contributed by atoms with van der Waals surface area (Å²) < 4.78 is 11.9. The lowest BCUT2D eigenvalue weighted by molar-refractivity contribution is 0.664. The van der Waals surface area contributed by atoms with Crippen LogP contribution in [0.3, 0.4) is 0 Å². The van der Waals surface area contributed by atoms with Crippen LogP contribution in [0.25, 0.3) is 0 Å². The molecule has 0 saturated carbocycles. The summed E-state index contributed by atoms with van der Waals surface area (Å²) in [6.07, 6.45) is 4.90. The van der Waals surface area contributed by atoms with Gasteiger partial charge in [-0.25, -0.2) is 4.39 Å². The summed E-state index contributed by atoms with van der Waals surface area (Å²) in [4.78, 5) is 0. The summed E-state index contributed by atoms with van der Waals surface area (Å²) in [6, 6.07) is 0. The van der Waals surface area contributed by atoms with Crippen molar-refractivity contribution >= 4 is 0 Å². The quantitative estimate of drug-likeness (QED) is 0.435. The fourth-order valence-corrected chi connectivity index (χ4v) is 0.606. The van der Waals surface area contributed by atoms with Crippen LogP contribution in [0.2, 0.25) is 0 Å². The van der Waals surface area contributed by atoms with E-state index >= 15 is 0 Å². The molecule has 0 aromatic heterocycles. The summed E-state index contributed by atoms with van der Waals surface area (Å²) in [5.41, 5.74) is 0. The second kappa shape index (κ2) is 1.49. The SMILES string of the molecule is CC1C=CC(F)=C1. The van der Waals surface area contributed by atoms with E-state index in [1.807, 2.05) is 13.0 Å². The topological polar surface area (TPSA) is 0 Å². The third kappa shape index (κ3) is 0.889. The lowest BCUT2D eigenvalue weighted by Gasteiger charge is -1.84. The van der Waals surface area contributed by atoms with E-state index in [1.165, 1.54) is 6.08 Å². The zero-order valence-electron chi connectivity index (χ0n) is 4.19. The molecule has 0 bridgehead atoms. The van der Waals surface area contributed by atoms with Crippen molar-refractivity contribution in [3.05, 3.63) is 24.1 Å². The predicted molar refractivity (Wildman–Crippen MR) is 27.5 cm³/mol. The predicted octanol–water partition coefficient (Wildman–Crippen LogP) is 2.05. The summed E-state index contributed by atoms with van der Waals surface area (Å²) >= 11 is 0. The molecule has 0 radical (unpaired) electrons. The van der Waals surface area contributed by atoms with E-state index < -0.39 is 0 Å². The Morgan fingerprint density at radius 2 is 2.43 bits per heavy atom. The molecule has 0 heterocycles. The lowest BCUT2D eigenvalue weighted by Crippen LogP contribution is -1.72. The standard InChI is InChI=1S/C6H7F/c1-5-2-3-6(7)4-5/h2-5H,1H3. The van der Waals surface area contributed by atoms with E-state index in [9.17, 15) is 4.39 Å². The molecule has 38 valence electrons. The van der Waals surface area contributed by atoms with Gasteiger partial charge >= 0.3 is 0 Å². The molecular formula is C6H7F. The molecular weight excluding hydrogens is 91.1 g/mol. The molecule has 0 aliphatic heterocycles. The van der Waals surface area contributed by atoms with Gasteiger partial charge in [0.25, 0.3) is 0 Å². The van der Waals surface area contributed by atoms with Crippen molar-refractivity contribution in [2.24, 2.45) is 5.92 Å². The van der Waals surface area contributed by atoms with E-state index in [2.05, 4.69) is 0 Å². The van der Waals surface area contributed by atoms with Crippen LogP contribution in [0.5, 0.6) is 0 Å². The molecule has 0 aromatic rings. The van der Waals surface area contributed by atoms with Gasteiger partial charge in [0.1, 0.15) is 5.83 Å². The van der Waals surface area contributed by atoms with E-state index in [0.29, 0.717) is 5.92 Å². The van der Waals surface area contributed by atoms with Crippen LogP contribution in [0, 0.1) is 5.92 Å². The van der Waals surface area contributed by atoms with Crippen molar-refractivity contribution in [2.45, 2.75) is 6.92 Å². The fourth-order valence-electron chi connectivity index (χ4n) is 0.606. The van der Waals surface area contributed by atoms with Gasteiger partial charge in [0.2, 0.25) is 0 Å². The van der Waals surface area contributed by atoms with Gasteiger partial charge in [-0.05, 0) is 18.1 Å². The maximum absolute atomic E-state index is 11.9. The van der Waals surface area contributed by atoms with Crippen molar-refractivity contribution < 1.29 is 4.39 Å². The third-order valence-electron chi connectivity index (χ3n) is 0.981. The molecule has 0 spiro atoms. The Morgan fingerprint density at radius 3 is 2.57 bits per heavy atom. The molecule has 0 N–H and O–H groups in total. The molecule has 0 amide bonds. The molecule has 1 aliphatic rings. The van der Waals surface area contributed by atoms with Crippen LogP contribution < -0.4 is 0 Å². The van der Waals surface area contributed by atoms with Crippen molar-refractivity contribution in [2.75, 3.05) is 0 Å². The molecule has 1 unspecified atom stereocenters. The summed E-state index contributed by atoms with van der Waals surface area (Å²) in [5.74, 6) is 0.201. The van der Waals surface area contributed by atoms with Gasteiger partial charge in [0.05, 0.1) is 0 Å². The Labute approximate surface area is 42.3 Å². The van der Waals surface area contributed by atoms with Crippen molar-refractivity contribution in [3.8, 4) is 0 Å². The molecule has 1 rings (SSSR count). The highest BCUT2D eigenvalue weighted by Gasteiger charge is 2.00. The van der Waals surface area contributed by atoms with Gasteiger partial charge < -0.3 is 0 Å².